The quantitative estimate of drug-likeness (QED) is 0.855. The van der Waals surface area contributed by atoms with E-state index in [1.807, 2.05) is 6.92 Å². The molecule has 1 heterocycles. The third-order valence-corrected chi connectivity index (χ3v) is 2.20. The monoisotopic (exact) mass is 247 g/mol. The van der Waals surface area contributed by atoms with Crippen molar-refractivity contribution < 1.29 is 9.47 Å². The summed E-state index contributed by atoms with van der Waals surface area (Å²) >= 11 is 0. The van der Waals surface area contributed by atoms with E-state index in [0.717, 1.165) is 5.75 Å². The van der Waals surface area contributed by atoms with Gasteiger partial charge in [-0.1, -0.05) is 0 Å². The number of anilines is 1. The number of nitrogens with zero attached hydrogens (tertiary/aromatic N) is 1. The first kappa shape index (κ1) is 12.0. The Bertz CT molecular complexity index is 578. The number of hydrogen-bond donors (Lipinski definition) is 2. The highest BCUT2D eigenvalue weighted by molar-refractivity contribution is 5.47. The number of rotatable bonds is 4. The van der Waals surface area contributed by atoms with E-state index in [4.69, 9.17) is 15.2 Å². The van der Waals surface area contributed by atoms with Gasteiger partial charge in [0.1, 0.15) is 11.5 Å². The van der Waals surface area contributed by atoms with E-state index in [-0.39, 0.29) is 11.6 Å². The molecule has 1 aromatic carbocycles. The van der Waals surface area contributed by atoms with Gasteiger partial charge in [0.15, 0.2) is 5.69 Å². The molecule has 0 bridgehead atoms. The molecule has 0 fully saturated rings. The molecule has 0 aliphatic rings. The molecule has 6 nitrogen and oxygen atoms in total. The van der Waals surface area contributed by atoms with E-state index in [9.17, 15) is 4.79 Å². The Kier molecular flexibility index (Phi) is 3.47. The Morgan fingerprint density at radius 2 is 1.94 bits per heavy atom. The number of aromatic nitrogens is 2. The van der Waals surface area contributed by atoms with Crippen LogP contribution in [0.5, 0.6) is 17.4 Å². The molecule has 1 aromatic heterocycles. The van der Waals surface area contributed by atoms with Gasteiger partial charge in [0.2, 0.25) is 5.88 Å². The van der Waals surface area contributed by atoms with Crippen LogP contribution in [0.2, 0.25) is 0 Å². The molecule has 2 rings (SSSR count). The number of nitrogens with one attached hydrogen (secondary N) is 1. The highest BCUT2D eigenvalue weighted by atomic mass is 16.5. The molecule has 0 radical (unpaired) electrons. The maximum absolute atomic E-state index is 11.2. The van der Waals surface area contributed by atoms with Crippen molar-refractivity contribution in [3.8, 4) is 17.4 Å². The molecule has 0 unspecified atom stereocenters. The molecule has 0 aliphatic heterocycles. The van der Waals surface area contributed by atoms with Gasteiger partial charge in [-0.3, -0.25) is 4.79 Å². The Balaban J connectivity index is 2.18. The molecule has 0 saturated carbocycles. The highest BCUT2D eigenvalue weighted by Crippen LogP contribution is 2.24. The molecular weight excluding hydrogens is 234 g/mol. The summed E-state index contributed by atoms with van der Waals surface area (Å²) in [5, 5.41) is 0. The summed E-state index contributed by atoms with van der Waals surface area (Å²) < 4.78 is 10.7. The molecular formula is C12H13N3O3. The summed E-state index contributed by atoms with van der Waals surface area (Å²) in [6.07, 6.45) is 1.24. The van der Waals surface area contributed by atoms with Crippen molar-refractivity contribution in [2.24, 2.45) is 0 Å². The second-order valence-electron chi connectivity index (χ2n) is 3.46. The maximum atomic E-state index is 11.2. The lowest BCUT2D eigenvalue weighted by molar-refractivity contribution is 0.339. The summed E-state index contributed by atoms with van der Waals surface area (Å²) in [6.45, 7) is 2.51. The van der Waals surface area contributed by atoms with Crippen molar-refractivity contribution in [1.82, 2.24) is 9.97 Å². The van der Waals surface area contributed by atoms with E-state index in [1.165, 1.54) is 6.33 Å². The van der Waals surface area contributed by atoms with Crippen LogP contribution in [0.3, 0.4) is 0 Å². The smallest absolute Gasteiger partial charge is 0.277 e. The number of nitrogen functional groups attached to an aromatic ring is 1. The lowest BCUT2D eigenvalue weighted by Gasteiger charge is -2.07. The molecule has 0 amide bonds. The van der Waals surface area contributed by atoms with Gasteiger partial charge in [0.05, 0.1) is 12.9 Å². The average molecular weight is 247 g/mol. The fraction of sp³-hybridized carbons (Fsp3) is 0.167. The van der Waals surface area contributed by atoms with Crippen LogP contribution < -0.4 is 20.8 Å². The van der Waals surface area contributed by atoms with Gasteiger partial charge >= 0.3 is 0 Å². The van der Waals surface area contributed by atoms with Gasteiger partial charge in [-0.15, -0.1) is 0 Å². The summed E-state index contributed by atoms with van der Waals surface area (Å²) in [7, 11) is 0. The molecule has 0 saturated heterocycles. The van der Waals surface area contributed by atoms with Crippen molar-refractivity contribution in [2.75, 3.05) is 12.3 Å². The van der Waals surface area contributed by atoms with Gasteiger partial charge in [0, 0.05) is 0 Å². The van der Waals surface area contributed by atoms with Crippen molar-refractivity contribution in [1.29, 1.82) is 0 Å². The highest BCUT2D eigenvalue weighted by Gasteiger charge is 2.06. The van der Waals surface area contributed by atoms with Crippen LogP contribution in [-0.2, 0) is 0 Å². The minimum absolute atomic E-state index is 0.0496. The largest absolute Gasteiger partial charge is 0.494 e. The SMILES string of the molecule is CCOc1ccc(Oc2nc[nH]c(=O)c2N)cc1. The molecule has 18 heavy (non-hydrogen) atoms. The Morgan fingerprint density at radius 3 is 2.61 bits per heavy atom. The van der Waals surface area contributed by atoms with E-state index >= 15 is 0 Å². The van der Waals surface area contributed by atoms with Crippen LogP contribution in [0.15, 0.2) is 35.4 Å². The fourth-order valence-corrected chi connectivity index (χ4v) is 1.36. The Morgan fingerprint density at radius 1 is 1.28 bits per heavy atom. The number of benzene rings is 1. The lowest BCUT2D eigenvalue weighted by Crippen LogP contribution is -2.13. The minimum Gasteiger partial charge on any atom is -0.494 e. The number of hydrogen-bond acceptors (Lipinski definition) is 5. The first-order valence-electron chi connectivity index (χ1n) is 5.44. The second-order valence-corrected chi connectivity index (χ2v) is 3.46. The first-order chi connectivity index (χ1) is 8.70. The topological polar surface area (TPSA) is 90.2 Å². The number of ether oxygens (including phenoxy) is 2. The zero-order chi connectivity index (χ0) is 13.0. The standard InChI is InChI=1S/C12H13N3O3/c1-2-17-8-3-5-9(6-4-8)18-12-10(13)11(16)14-7-15-12/h3-7H,2,13H2,1H3,(H,14,15,16). The van der Waals surface area contributed by atoms with E-state index in [0.29, 0.717) is 12.4 Å². The van der Waals surface area contributed by atoms with E-state index in [1.54, 1.807) is 24.3 Å². The zero-order valence-electron chi connectivity index (χ0n) is 9.84. The number of nitrogens with two attached hydrogens (primary N) is 1. The van der Waals surface area contributed by atoms with Crippen molar-refractivity contribution in [3.63, 3.8) is 0 Å². The molecule has 0 atom stereocenters. The van der Waals surface area contributed by atoms with Gasteiger partial charge in [-0.25, -0.2) is 4.98 Å². The lowest BCUT2D eigenvalue weighted by atomic mass is 10.3. The van der Waals surface area contributed by atoms with Gasteiger partial charge in [-0.05, 0) is 31.2 Å². The predicted octanol–water partition coefficient (Wildman–Crippen LogP) is 1.54. The van der Waals surface area contributed by atoms with Crippen molar-refractivity contribution >= 4 is 5.69 Å². The molecule has 3 N–H and O–H groups in total. The molecule has 0 aliphatic carbocycles. The zero-order valence-corrected chi connectivity index (χ0v) is 9.84. The van der Waals surface area contributed by atoms with Crippen LogP contribution in [0.1, 0.15) is 6.92 Å². The second kappa shape index (κ2) is 5.22. The van der Waals surface area contributed by atoms with E-state index in [2.05, 4.69) is 9.97 Å². The average Bonchev–Trinajstić information content (AvgIpc) is 2.38. The predicted molar refractivity (Wildman–Crippen MR) is 67.0 cm³/mol. The Hall–Kier alpha value is -2.50. The van der Waals surface area contributed by atoms with Gasteiger partial charge in [0.25, 0.3) is 5.56 Å². The summed E-state index contributed by atoms with van der Waals surface area (Å²) in [5.74, 6) is 1.36. The molecule has 94 valence electrons. The van der Waals surface area contributed by atoms with Crippen molar-refractivity contribution in [3.05, 3.63) is 40.9 Å². The normalized spacial score (nSPS) is 10.1. The maximum Gasteiger partial charge on any atom is 0.277 e. The third-order valence-electron chi connectivity index (χ3n) is 2.20. The van der Waals surface area contributed by atoms with Gasteiger partial charge < -0.3 is 20.2 Å². The third kappa shape index (κ3) is 2.60. The van der Waals surface area contributed by atoms with E-state index < -0.39 is 5.56 Å². The van der Waals surface area contributed by atoms with Gasteiger partial charge in [-0.2, -0.15) is 0 Å². The number of H-pyrrole nitrogens is 1. The minimum atomic E-state index is -0.425. The molecule has 6 heteroatoms. The van der Waals surface area contributed by atoms with Crippen LogP contribution in [0.25, 0.3) is 0 Å². The summed E-state index contributed by atoms with van der Waals surface area (Å²) in [6, 6.07) is 6.96. The molecule has 2 aromatic rings. The summed E-state index contributed by atoms with van der Waals surface area (Å²) in [5.41, 5.74) is 5.08. The van der Waals surface area contributed by atoms with Crippen LogP contribution in [0.4, 0.5) is 5.69 Å². The van der Waals surface area contributed by atoms with Crippen LogP contribution in [-0.4, -0.2) is 16.6 Å². The van der Waals surface area contributed by atoms with Crippen molar-refractivity contribution in [2.45, 2.75) is 6.92 Å². The van der Waals surface area contributed by atoms with Crippen LogP contribution in [0, 0.1) is 0 Å². The fourth-order valence-electron chi connectivity index (χ4n) is 1.36. The first-order valence-corrected chi connectivity index (χ1v) is 5.44. The van der Waals surface area contributed by atoms with Crippen LogP contribution >= 0.6 is 0 Å². The number of aromatic amines is 1. The summed E-state index contributed by atoms with van der Waals surface area (Å²) in [4.78, 5) is 17.5. The Labute approximate surface area is 103 Å². The molecule has 0 spiro atoms.